The Morgan fingerprint density at radius 2 is 2.25 bits per heavy atom. The molecule has 0 aromatic carbocycles. The van der Waals surface area contributed by atoms with Gasteiger partial charge in [0, 0.05) is 24.9 Å². The molecule has 88 valence electrons. The topological polar surface area (TPSA) is 92.4 Å². The molecule has 0 saturated carbocycles. The van der Waals surface area contributed by atoms with E-state index in [4.69, 9.17) is 5.11 Å². The molecule has 0 aliphatic heterocycles. The fourth-order valence-corrected chi connectivity index (χ4v) is 1.18. The van der Waals surface area contributed by atoms with E-state index < -0.39 is 5.97 Å². The molecule has 6 heteroatoms. The summed E-state index contributed by atoms with van der Waals surface area (Å²) in [6.45, 7) is 0.507. The van der Waals surface area contributed by atoms with Crippen molar-refractivity contribution in [3.8, 4) is 0 Å². The molecule has 0 aliphatic carbocycles. The monoisotopic (exact) mass is 226 g/mol. The molecular formula is C10H14N2O4. The van der Waals surface area contributed by atoms with Crippen molar-refractivity contribution in [1.82, 2.24) is 10.5 Å². The van der Waals surface area contributed by atoms with Crippen LogP contribution in [0.25, 0.3) is 0 Å². The molecule has 2 N–H and O–H groups in total. The lowest BCUT2D eigenvalue weighted by Gasteiger charge is -2.02. The Hall–Kier alpha value is -1.85. The quantitative estimate of drug-likeness (QED) is 0.709. The molecule has 0 radical (unpaired) electrons. The van der Waals surface area contributed by atoms with E-state index >= 15 is 0 Å². The van der Waals surface area contributed by atoms with Crippen LogP contribution < -0.4 is 5.32 Å². The Balaban J connectivity index is 2.04. The molecule has 16 heavy (non-hydrogen) atoms. The smallest absolute Gasteiger partial charge is 0.303 e. The van der Waals surface area contributed by atoms with Crippen molar-refractivity contribution in [3.63, 3.8) is 0 Å². The molecule has 1 amide bonds. The summed E-state index contributed by atoms with van der Waals surface area (Å²) < 4.78 is 4.64. The van der Waals surface area contributed by atoms with Crippen molar-refractivity contribution in [2.75, 3.05) is 6.54 Å². The fraction of sp³-hybridized carbons (Fsp3) is 0.500. The number of aromatic nitrogens is 1. The molecule has 0 fully saturated rings. The highest BCUT2D eigenvalue weighted by Crippen LogP contribution is 1.97. The summed E-state index contributed by atoms with van der Waals surface area (Å²) in [7, 11) is 0. The van der Waals surface area contributed by atoms with Crippen molar-refractivity contribution >= 4 is 11.9 Å². The van der Waals surface area contributed by atoms with E-state index in [9.17, 15) is 9.59 Å². The van der Waals surface area contributed by atoms with Crippen molar-refractivity contribution in [1.29, 1.82) is 0 Å². The van der Waals surface area contributed by atoms with Crippen molar-refractivity contribution < 1.29 is 19.2 Å². The van der Waals surface area contributed by atoms with Gasteiger partial charge >= 0.3 is 5.97 Å². The van der Waals surface area contributed by atoms with Crippen LogP contribution in [0.15, 0.2) is 17.0 Å². The number of hydrogen-bond acceptors (Lipinski definition) is 4. The number of nitrogens with one attached hydrogen (secondary N) is 1. The summed E-state index contributed by atoms with van der Waals surface area (Å²) in [5, 5.41) is 14.6. The highest BCUT2D eigenvalue weighted by Gasteiger charge is 2.03. The normalized spacial score (nSPS) is 10.0. The molecule has 0 bridgehead atoms. The summed E-state index contributed by atoms with van der Waals surface area (Å²) in [5.41, 5.74) is 0.922. The van der Waals surface area contributed by atoms with Crippen LogP contribution in [0.4, 0.5) is 0 Å². The van der Waals surface area contributed by atoms with Crippen molar-refractivity contribution in [2.24, 2.45) is 0 Å². The highest BCUT2D eigenvalue weighted by molar-refractivity contribution is 5.76. The van der Waals surface area contributed by atoms with Gasteiger partial charge in [-0.3, -0.25) is 9.59 Å². The van der Waals surface area contributed by atoms with Crippen LogP contribution in [-0.2, 0) is 16.0 Å². The van der Waals surface area contributed by atoms with Gasteiger partial charge in [0.05, 0.1) is 6.20 Å². The third-order valence-corrected chi connectivity index (χ3v) is 2.01. The number of hydrogen-bond donors (Lipinski definition) is 2. The van der Waals surface area contributed by atoms with Gasteiger partial charge in [0.2, 0.25) is 5.91 Å². The molecule has 1 rings (SSSR count). The Morgan fingerprint density at radius 1 is 1.44 bits per heavy atom. The number of carbonyl (C=O) groups is 2. The average molecular weight is 226 g/mol. The second kappa shape index (κ2) is 6.60. The molecule has 6 nitrogen and oxygen atoms in total. The average Bonchev–Trinajstić information content (AvgIpc) is 2.70. The number of nitrogens with zero attached hydrogens (tertiary/aromatic N) is 1. The minimum Gasteiger partial charge on any atom is -0.481 e. The lowest BCUT2D eigenvalue weighted by Crippen LogP contribution is -2.25. The van der Waals surface area contributed by atoms with Gasteiger partial charge in [0.1, 0.15) is 6.26 Å². The zero-order valence-electron chi connectivity index (χ0n) is 8.81. The second-order valence-electron chi connectivity index (χ2n) is 3.38. The molecular weight excluding hydrogens is 212 g/mol. The first-order chi connectivity index (χ1) is 7.68. The first-order valence-electron chi connectivity index (χ1n) is 5.05. The number of carboxylic acids is 1. The van der Waals surface area contributed by atoms with E-state index in [1.54, 1.807) is 6.20 Å². The lowest BCUT2D eigenvalue weighted by molar-refractivity contribution is -0.137. The first-order valence-corrected chi connectivity index (χ1v) is 5.05. The predicted octanol–water partition coefficient (Wildman–Crippen LogP) is 0.588. The standard InChI is InChI=1S/C10H14N2O4/c13-9(2-1-3-10(14)15)11-5-4-8-6-12-16-7-8/h6-7H,1-5H2,(H,11,13)(H,14,15). The van der Waals surface area contributed by atoms with Gasteiger partial charge in [-0.15, -0.1) is 0 Å². The molecule has 0 atom stereocenters. The van der Waals surface area contributed by atoms with Crippen molar-refractivity contribution in [3.05, 3.63) is 18.0 Å². The zero-order chi connectivity index (χ0) is 11.8. The number of carbonyl (C=O) groups excluding carboxylic acids is 1. The maximum absolute atomic E-state index is 11.2. The molecule has 1 aromatic heterocycles. The van der Waals surface area contributed by atoms with Gasteiger partial charge in [-0.1, -0.05) is 5.16 Å². The Labute approximate surface area is 92.6 Å². The summed E-state index contributed by atoms with van der Waals surface area (Å²) >= 11 is 0. The molecule has 0 aliphatic rings. The van der Waals surface area contributed by atoms with E-state index in [2.05, 4.69) is 15.0 Å². The van der Waals surface area contributed by atoms with Crippen LogP contribution in [0.2, 0.25) is 0 Å². The fourth-order valence-electron chi connectivity index (χ4n) is 1.18. The van der Waals surface area contributed by atoms with Gasteiger partial charge in [0.25, 0.3) is 0 Å². The third-order valence-electron chi connectivity index (χ3n) is 2.01. The molecule has 1 aromatic rings. The number of rotatable bonds is 7. The van der Waals surface area contributed by atoms with Gasteiger partial charge in [-0.05, 0) is 12.8 Å². The maximum atomic E-state index is 11.2. The lowest BCUT2D eigenvalue weighted by atomic mass is 10.2. The predicted molar refractivity (Wildman–Crippen MR) is 54.7 cm³/mol. The van der Waals surface area contributed by atoms with E-state index in [0.29, 0.717) is 19.4 Å². The van der Waals surface area contributed by atoms with Gasteiger partial charge < -0.3 is 14.9 Å². The first kappa shape index (κ1) is 12.2. The van der Waals surface area contributed by atoms with E-state index in [0.717, 1.165) is 5.56 Å². The van der Waals surface area contributed by atoms with Crippen molar-refractivity contribution in [2.45, 2.75) is 25.7 Å². The van der Waals surface area contributed by atoms with E-state index in [1.165, 1.54) is 6.26 Å². The van der Waals surface area contributed by atoms with Crippen LogP contribution in [0.1, 0.15) is 24.8 Å². The largest absolute Gasteiger partial charge is 0.481 e. The van der Waals surface area contributed by atoms with Crippen LogP contribution in [0, 0.1) is 0 Å². The third kappa shape index (κ3) is 5.14. The number of carboxylic acid groups (broad SMARTS) is 1. The Kier molecular flexibility index (Phi) is 5.04. The Bertz CT molecular complexity index is 335. The summed E-state index contributed by atoms with van der Waals surface area (Å²) in [6.07, 6.45) is 4.42. The summed E-state index contributed by atoms with van der Waals surface area (Å²) in [5.74, 6) is -1.00. The van der Waals surface area contributed by atoms with E-state index in [1.807, 2.05) is 0 Å². The number of aliphatic carboxylic acids is 1. The minimum absolute atomic E-state index is 0.0269. The van der Waals surface area contributed by atoms with Crippen LogP contribution in [-0.4, -0.2) is 28.7 Å². The van der Waals surface area contributed by atoms with Gasteiger partial charge in [-0.2, -0.15) is 0 Å². The number of amides is 1. The van der Waals surface area contributed by atoms with Crippen LogP contribution in [0.3, 0.4) is 0 Å². The minimum atomic E-state index is -0.878. The second-order valence-corrected chi connectivity index (χ2v) is 3.38. The SMILES string of the molecule is O=C(O)CCCC(=O)NCCc1cnoc1. The van der Waals surface area contributed by atoms with E-state index in [-0.39, 0.29) is 18.7 Å². The molecule has 0 spiro atoms. The van der Waals surface area contributed by atoms with Gasteiger partial charge in [0.15, 0.2) is 0 Å². The van der Waals surface area contributed by atoms with Crippen LogP contribution >= 0.6 is 0 Å². The summed E-state index contributed by atoms with van der Waals surface area (Å²) in [4.78, 5) is 21.4. The molecule has 1 heterocycles. The zero-order valence-corrected chi connectivity index (χ0v) is 8.81. The van der Waals surface area contributed by atoms with Gasteiger partial charge in [-0.25, -0.2) is 0 Å². The highest BCUT2D eigenvalue weighted by atomic mass is 16.5. The maximum Gasteiger partial charge on any atom is 0.303 e. The van der Waals surface area contributed by atoms with Crippen LogP contribution in [0.5, 0.6) is 0 Å². The molecule has 0 saturated heterocycles. The Morgan fingerprint density at radius 3 is 2.88 bits per heavy atom. The molecule has 0 unspecified atom stereocenters. The summed E-state index contributed by atoms with van der Waals surface area (Å²) in [6, 6.07) is 0.